The summed E-state index contributed by atoms with van der Waals surface area (Å²) in [5, 5.41) is 3.05. The van der Waals surface area contributed by atoms with Gasteiger partial charge in [-0.2, -0.15) is 4.98 Å². The first-order chi connectivity index (χ1) is 17.2. The maximum Gasteiger partial charge on any atom is 0.259 e. The van der Waals surface area contributed by atoms with Gasteiger partial charge in [0.25, 0.3) is 11.8 Å². The third-order valence-electron chi connectivity index (χ3n) is 8.54. The molecule has 2 aliphatic carbocycles. The van der Waals surface area contributed by atoms with E-state index < -0.39 is 5.92 Å². The third kappa shape index (κ3) is 4.59. The Morgan fingerprint density at radius 2 is 1.61 bits per heavy atom. The van der Waals surface area contributed by atoms with Crippen molar-refractivity contribution in [2.45, 2.75) is 70.6 Å². The topological polar surface area (TPSA) is 61.4 Å². The molecular weight excluding hydrogens is 528 g/mol. The number of hydrogen-bond donors (Lipinski definition) is 1. The number of piperidine rings is 2. The fourth-order valence-electron chi connectivity index (χ4n) is 6.09. The molecular formula is C27H32BrF2N5O. The SMILES string of the molecule is Cc1cc(NC(=O)c2c(N3CCC4(CC3)CC4)cc(Br)c3c2CCC3)nc(N2CCC(F)(F)CC2)n1. The van der Waals surface area contributed by atoms with Crippen LogP contribution in [0.4, 0.5) is 26.2 Å². The van der Waals surface area contributed by atoms with Crippen molar-refractivity contribution in [2.75, 3.05) is 41.3 Å². The van der Waals surface area contributed by atoms with Gasteiger partial charge in [-0.25, -0.2) is 13.8 Å². The predicted molar refractivity (Wildman–Crippen MR) is 140 cm³/mol. The summed E-state index contributed by atoms with van der Waals surface area (Å²) in [5.41, 5.74) is 5.37. The smallest absolute Gasteiger partial charge is 0.259 e. The van der Waals surface area contributed by atoms with E-state index in [-0.39, 0.29) is 31.8 Å². The number of hydrogen-bond acceptors (Lipinski definition) is 5. The average Bonchev–Trinajstić information content (AvgIpc) is 3.39. The third-order valence-corrected chi connectivity index (χ3v) is 9.25. The van der Waals surface area contributed by atoms with E-state index in [0.29, 0.717) is 22.9 Å². The van der Waals surface area contributed by atoms with Crippen LogP contribution in [0.3, 0.4) is 0 Å². The Labute approximate surface area is 219 Å². The zero-order valence-electron chi connectivity index (χ0n) is 20.7. The summed E-state index contributed by atoms with van der Waals surface area (Å²) >= 11 is 3.78. The number of nitrogens with zero attached hydrogens (tertiary/aromatic N) is 4. The van der Waals surface area contributed by atoms with E-state index in [1.165, 1.54) is 31.2 Å². The highest BCUT2D eigenvalue weighted by Crippen LogP contribution is 2.54. The second-order valence-corrected chi connectivity index (χ2v) is 11.9. The first kappa shape index (κ1) is 24.1. The van der Waals surface area contributed by atoms with Gasteiger partial charge in [-0.1, -0.05) is 15.9 Å². The van der Waals surface area contributed by atoms with Crippen molar-refractivity contribution in [1.29, 1.82) is 0 Å². The molecule has 1 aromatic heterocycles. The maximum absolute atomic E-state index is 13.8. The van der Waals surface area contributed by atoms with Crippen LogP contribution < -0.4 is 15.1 Å². The average molecular weight is 560 g/mol. The van der Waals surface area contributed by atoms with E-state index in [2.05, 4.69) is 42.2 Å². The number of halogens is 3. The lowest BCUT2D eigenvalue weighted by molar-refractivity contribution is -0.0222. The summed E-state index contributed by atoms with van der Waals surface area (Å²) in [7, 11) is 0. The second kappa shape index (κ2) is 8.92. The number of benzene rings is 1. The minimum atomic E-state index is -2.64. The zero-order valence-corrected chi connectivity index (χ0v) is 22.3. The molecule has 3 fully saturated rings. The Hall–Kier alpha value is -2.29. The van der Waals surface area contributed by atoms with Crippen LogP contribution in [-0.4, -0.2) is 48.0 Å². The summed E-state index contributed by atoms with van der Waals surface area (Å²) in [6.45, 7) is 4.18. The van der Waals surface area contributed by atoms with Gasteiger partial charge in [-0.15, -0.1) is 0 Å². The second-order valence-electron chi connectivity index (χ2n) is 11.0. The largest absolute Gasteiger partial charge is 0.371 e. The van der Waals surface area contributed by atoms with Crippen LogP contribution in [0.1, 0.15) is 72.1 Å². The van der Waals surface area contributed by atoms with Crippen LogP contribution >= 0.6 is 15.9 Å². The van der Waals surface area contributed by atoms with Crippen LogP contribution in [0.15, 0.2) is 16.6 Å². The van der Waals surface area contributed by atoms with Gasteiger partial charge < -0.3 is 15.1 Å². The molecule has 0 bridgehead atoms. The van der Waals surface area contributed by atoms with Gasteiger partial charge >= 0.3 is 0 Å². The van der Waals surface area contributed by atoms with Crippen LogP contribution in [0.5, 0.6) is 0 Å². The fourth-order valence-corrected chi connectivity index (χ4v) is 6.74. The number of fused-ring (bicyclic) bond motifs is 1. The summed E-state index contributed by atoms with van der Waals surface area (Å²) in [4.78, 5) is 27.0. The van der Waals surface area contributed by atoms with Crippen molar-refractivity contribution in [2.24, 2.45) is 5.41 Å². The summed E-state index contributed by atoms with van der Waals surface area (Å²) in [6, 6.07) is 3.88. The number of amides is 1. The van der Waals surface area contributed by atoms with Gasteiger partial charge in [0.2, 0.25) is 5.95 Å². The Morgan fingerprint density at radius 3 is 2.31 bits per heavy atom. The number of nitrogens with one attached hydrogen (secondary N) is 1. The molecule has 1 N–H and O–H groups in total. The molecule has 192 valence electrons. The van der Waals surface area contributed by atoms with Gasteiger partial charge in [0, 0.05) is 55.3 Å². The van der Waals surface area contributed by atoms with Gasteiger partial charge in [0.15, 0.2) is 0 Å². The van der Waals surface area contributed by atoms with E-state index in [4.69, 9.17) is 0 Å². The van der Waals surface area contributed by atoms with Crippen LogP contribution in [-0.2, 0) is 12.8 Å². The summed E-state index contributed by atoms with van der Waals surface area (Å²) in [5.74, 6) is -1.98. The molecule has 9 heteroatoms. The normalized spacial score (nSPS) is 22.0. The van der Waals surface area contributed by atoms with Crippen molar-refractivity contribution in [1.82, 2.24) is 9.97 Å². The molecule has 0 atom stereocenters. The number of aryl methyl sites for hydroxylation is 1. The van der Waals surface area contributed by atoms with E-state index in [9.17, 15) is 13.6 Å². The monoisotopic (exact) mass is 559 g/mol. The lowest BCUT2D eigenvalue weighted by atomic mass is 9.92. The van der Waals surface area contributed by atoms with E-state index in [0.717, 1.165) is 53.6 Å². The van der Waals surface area contributed by atoms with Crippen molar-refractivity contribution in [3.63, 3.8) is 0 Å². The zero-order chi connectivity index (χ0) is 25.1. The Bertz CT molecular complexity index is 1200. The van der Waals surface area contributed by atoms with Crippen molar-refractivity contribution >= 4 is 39.3 Å². The lowest BCUT2D eigenvalue weighted by Crippen LogP contribution is -2.40. The first-order valence-electron chi connectivity index (χ1n) is 13.1. The van der Waals surface area contributed by atoms with Crippen LogP contribution in [0.25, 0.3) is 0 Å². The highest BCUT2D eigenvalue weighted by atomic mass is 79.9. The van der Waals surface area contributed by atoms with Crippen molar-refractivity contribution in [3.05, 3.63) is 39.0 Å². The van der Waals surface area contributed by atoms with Crippen molar-refractivity contribution < 1.29 is 13.6 Å². The van der Waals surface area contributed by atoms with Crippen LogP contribution in [0.2, 0.25) is 0 Å². The molecule has 1 spiro atoms. The molecule has 0 unspecified atom stereocenters. The molecule has 1 saturated carbocycles. The Kier molecular flexibility index (Phi) is 5.97. The fraction of sp³-hybridized carbons (Fsp3) is 0.593. The highest BCUT2D eigenvalue weighted by molar-refractivity contribution is 9.10. The highest BCUT2D eigenvalue weighted by Gasteiger charge is 2.45. The molecule has 2 aliphatic heterocycles. The van der Waals surface area contributed by atoms with Gasteiger partial charge in [0.1, 0.15) is 5.82 Å². The standard InChI is InChI=1S/C27H32BrF2N5O/c1-17-15-22(33-25(31-17)35-13-9-27(29,30)10-14-35)32-24(36)23-19-4-2-3-18(19)20(28)16-21(23)34-11-7-26(5-6-26)8-12-34/h15-16H,2-14H2,1H3,(H,31,32,33,36). The number of rotatable bonds is 4. The summed E-state index contributed by atoms with van der Waals surface area (Å²) in [6.07, 6.45) is 7.52. The number of alkyl halides is 2. The quantitative estimate of drug-likeness (QED) is 0.505. The number of aromatic nitrogens is 2. The van der Waals surface area contributed by atoms with Gasteiger partial charge in [0.05, 0.1) is 11.3 Å². The van der Waals surface area contributed by atoms with Crippen LogP contribution in [0, 0.1) is 12.3 Å². The molecule has 36 heavy (non-hydrogen) atoms. The molecule has 0 radical (unpaired) electrons. The molecule has 2 aromatic rings. The van der Waals surface area contributed by atoms with E-state index in [1.807, 2.05) is 6.92 Å². The Morgan fingerprint density at radius 1 is 0.944 bits per heavy atom. The number of carbonyl (C=O) groups is 1. The number of anilines is 3. The van der Waals surface area contributed by atoms with E-state index in [1.54, 1.807) is 11.0 Å². The molecule has 3 heterocycles. The minimum Gasteiger partial charge on any atom is -0.371 e. The molecule has 2 saturated heterocycles. The Balaban J connectivity index is 1.29. The maximum atomic E-state index is 13.8. The number of carbonyl (C=O) groups excluding carboxylic acids is 1. The molecule has 1 amide bonds. The predicted octanol–water partition coefficient (Wildman–Crippen LogP) is 5.90. The van der Waals surface area contributed by atoms with Crippen molar-refractivity contribution in [3.8, 4) is 0 Å². The molecule has 6 nitrogen and oxygen atoms in total. The minimum absolute atomic E-state index is 0.156. The molecule has 6 rings (SSSR count). The molecule has 4 aliphatic rings. The molecule has 1 aromatic carbocycles. The first-order valence-corrected chi connectivity index (χ1v) is 13.9. The van der Waals surface area contributed by atoms with Gasteiger partial charge in [-0.3, -0.25) is 4.79 Å². The summed E-state index contributed by atoms with van der Waals surface area (Å²) < 4.78 is 28.4. The van der Waals surface area contributed by atoms with E-state index >= 15 is 0 Å². The lowest BCUT2D eigenvalue weighted by Gasteiger charge is -2.35. The van der Waals surface area contributed by atoms with Gasteiger partial charge in [-0.05, 0) is 74.5 Å².